The summed E-state index contributed by atoms with van der Waals surface area (Å²) in [6.45, 7) is 0.575. The molecule has 0 radical (unpaired) electrons. The lowest BCUT2D eigenvalue weighted by Crippen LogP contribution is -2.30. The minimum absolute atomic E-state index is 0.0824. The molecule has 1 aliphatic rings. The van der Waals surface area contributed by atoms with Gasteiger partial charge in [0.2, 0.25) is 5.91 Å². The fraction of sp³-hybridized carbons (Fsp3) is 0.172. The molecule has 214 valence electrons. The van der Waals surface area contributed by atoms with Crippen LogP contribution in [0.5, 0.6) is 5.75 Å². The highest BCUT2D eigenvalue weighted by atomic mass is 19.4. The molecule has 3 N–H and O–H groups in total. The summed E-state index contributed by atoms with van der Waals surface area (Å²) in [6, 6.07) is 16.6. The van der Waals surface area contributed by atoms with Crippen LogP contribution in [0, 0.1) is 5.82 Å². The summed E-state index contributed by atoms with van der Waals surface area (Å²) < 4.78 is 56.7. The molecule has 1 aliphatic heterocycles. The highest BCUT2D eigenvalue weighted by Gasteiger charge is 2.31. The molecule has 6 rings (SSSR count). The molecule has 13 heteroatoms. The number of amides is 1. The van der Waals surface area contributed by atoms with Gasteiger partial charge in [-0.25, -0.2) is 9.49 Å². The lowest BCUT2D eigenvalue weighted by Gasteiger charge is -2.18. The number of hydrogen-bond acceptors (Lipinski definition) is 6. The molecular formula is C29H22F4N6O3. The quantitative estimate of drug-likeness (QED) is 0.285. The maximum Gasteiger partial charge on any atom is 0.573 e. The summed E-state index contributed by atoms with van der Waals surface area (Å²) in [7, 11) is 0. The number of nitrogen functional groups attached to an aromatic ring is 1. The van der Waals surface area contributed by atoms with Crippen molar-refractivity contribution in [3.05, 3.63) is 99.6 Å². The fourth-order valence-corrected chi connectivity index (χ4v) is 5.17. The van der Waals surface area contributed by atoms with Crippen molar-refractivity contribution in [2.24, 2.45) is 0 Å². The minimum Gasteiger partial charge on any atom is -0.406 e. The highest BCUT2D eigenvalue weighted by molar-refractivity contribution is 6.01. The fourth-order valence-electron chi connectivity index (χ4n) is 5.17. The molecule has 0 atom stereocenters. The molecule has 0 bridgehead atoms. The van der Waals surface area contributed by atoms with Gasteiger partial charge in [0, 0.05) is 17.8 Å². The van der Waals surface area contributed by atoms with Crippen LogP contribution in [0.15, 0.2) is 71.5 Å². The Bertz CT molecular complexity index is 1880. The number of H-pyrrole nitrogens is 1. The molecule has 0 saturated carbocycles. The van der Waals surface area contributed by atoms with Gasteiger partial charge in [-0.1, -0.05) is 30.3 Å². The Kier molecular flexibility index (Phi) is 6.64. The highest BCUT2D eigenvalue weighted by Crippen LogP contribution is 2.36. The number of alkyl halides is 3. The number of nitrogens with one attached hydrogen (secondary N) is 1. The number of benzene rings is 3. The predicted molar refractivity (Wildman–Crippen MR) is 146 cm³/mol. The summed E-state index contributed by atoms with van der Waals surface area (Å²) in [5.74, 6) is -0.970. The average Bonchev–Trinajstić information content (AvgIpc) is 3.54. The lowest BCUT2D eigenvalue weighted by atomic mass is 10.0. The topological polar surface area (TPSA) is 119 Å². The molecule has 3 aromatic carbocycles. The molecule has 5 aromatic rings. The summed E-state index contributed by atoms with van der Waals surface area (Å²) in [5, 5.41) is 11.3. The van der Waals surface area contributed by atoms with Crippen molar-refractivity contribution in [2.75, 3.05) is 17.2 Å². The van der Waals surface area contributed by atoms with Crippen LogP contribution >= 0.6 is 0 Å². The first kappa shape index (κ1) is 27.0. The second kappa shape index (κ2) is 10.3. The SMILES string of the molecule is Nc1n[nH]c(=O)c2c1c(-c1ccc3c(c1)CCN3C(=O)Cc1cccc(OC(F)(F)F)c1)nn2Cc1ccc(F)cc1. The summed E-state index contributed by atoms with van der Waals surface area (Å²) >= 11 is 0. The molecule has 1 amide bonds. The van der Waals surface area contributed by atoms with E-state index in [1.165, 1.54) is 35.0 Å². The van der Waals surface area contributed by atoms with Crippen LogP contribution in [-0.2, 0) is 24.2 Å². The van der Waals surface area contributed by atoms with Crippen molar-refractivity contribution < 1.29 is 27.1 Å². The number of aromatic nitrogens is 4. The molecular weight excluding hydrogens is 556 g/mol. The molecule has 0 aliphatic carbocycles. The van der Waals surface area contributed by atoms with E-state index in [-0.39, 0.29) is 36.0 Å². The number of hydrogen-bond donors (Lipinski definition) is 2. The molecule has 2 aromatic heterocycles. The van der Waals surface area contributed by atoms with Crippen LogP contribution in [0.4, 0.5) is 29.1 Å². The monoisotopic (exact) mass is 578 g/mol. The number of ether oxygens (including phenoxy) is 1. The largest absolute Gasteiger partial charge is 0.573 e. The van der Waals surface area contributed by atoms with E-state index in [2.05, 4.69) is 20.0 Å². The van der Waals surface area contributed by atoms with Crippen molar-refractivity contribution in [3.63, 3.8) is 0 Å². The molecule has 42 heavy (non-hydrogen) atoms. The number of carbonyl (C=O) groups is 1. The first-order valence-corrected chi connectivity index (χ1v) is 12.8. The van der Waals surface area contributed by atoms with Crippen molar-refractivity contribution in [3.8, 4) is 17.0 Å². The minimum atomic E-state index is -4.83. The van der Waals surface area contributed by atoms with Gasteiger partial charge in [-0.15, -0.1) is 13.2 Å². The summed E-state index contributed by atoms with van der Waals surface area (Å²) in [6.07, 6.45) is -4.40. The van der Waals surface area contributed by atoms with E-state index in [0.717, 1.165) is 11.1 Å². The zero-order chi connectivity index (χ0) is 29.6. The van der Waals surface area contributed by atoms with Gasteiger partial charge in [0.25, 0.3) is 5.56 Å². The van der Waals surface area contributed by atoms with E-state index < -0.39 is 17.7 Å². The molecule has 0 spiro atoms. The van der Waals surface area contributed by atoms with Crippen LogP contribution in [0.3, 0.4) is 0 Å². The maximum atomic E-state index is 13.4. The number of nitrogens with zero attached hydrogens (tertiary/aromatic N) is 4. The summed E-state index contributed by atoms with van der Waals surface area (Å²) in [5.41, 5.74) is 9.63. The normalized spacial score (nSPS) is 13.0. The number of aromatic amines is 1. The number of carbonyl (C=O) groups excluding carboxylic acids is 1. The zero-order valence-electron chi connectivity index (χ0n) is 21.8. The Hall–Kier alpha value is -5.20. The Morgan fingerprint density at radius 2 is 1.83 bits per heavy atom. The smallest absolute Gasteiger partial charge is 0.406 e. The van der Waals surface area contributed by atoms with Gasteiger partial charge in [-0.3, -0.25) is 14.3 Å². The van der Waals surface area contributed by atoms with Crippen LogP contribution in [0.25, 0.3) is 22.2 Å². The van der Waals surface area contributed by atoms with Gasteiger partial charge < -0.3 is 15.4 Å². The first-order valence-electron chi connectivity index (χ1n) is 12.8. The van der Waals surface area contributed by atoms with E-state index in [1.807, 2.05) is 6.07 Å². The molecule has 0 saturated heterocycles. The standard InChI is InChI=1S/C29H22F4N6O3/c30-20-7-4-16(5-8-20)15-39-26-24(27(34)35-36-28(26)41)25(37-39)19-6-9-22-18(14-19)10-11-38(22)23(40)13-17-2-1-3-21(12-17)42-29(31,32)33/h1-9,12,14H,10-11,13,15H2,(H2,34,35)(H,36,41). The van der Waals surface area contributed by atoms with Crippen LogP contribution < -0.4 is 20.9 Å². The van der Waals surface area contributed by atoms with Crippen molar-refractivity contribution in [2.45, 2.75) is 25.7 Å². The van der Waals surface area contributed by atoms with Crippen LogP contribution in [-0.4, -0.2) is 38.8 Å². The Morgan fingerprint density at radius 1 is 1.05 bits per heavy atom. The molecule has 9 nitrogen and oxygen atoms in total. The number of halogens is 4. The second-order valence-electron chi connectivity index (χ2n) is 9.81. The van der Waals surface area contributed by atoms with E-state index in [9.17, 15) is 27.2 Å². The first-order chi connectivity index (χ1) is 20.1. The van der Waals surface area contributed by atoms with Gasteiger partial charge in [0.15, 0.2) is 5.82 Å². The van der Waals surface area contributed by atoms with E-state index in [0.29, 0.717) is 40.9 Å². The van der Waals surface area contributed by atoms with Crippen molar-refractivity contribution in [1.82, 2.24) is 20.0 Å². The third kappa shape index (κ3) is 5.28. The van der Waals surface area contributed by atoms with Crippen molar-refractivity contribution in [1.29, 1.82) is 0 Å². The van der Waals surface area contributed by atoms with Gasteiger partial charge in [0.1, 0.15) is 22.8 Å². The van der Waals surface area contributed by atoms with Crippen LogP contribution in [0.2, 0.25) is 0 Å². The zero-order valence-corrected chi connectivity index (χ0v) is 21.8. The average molecular weight is 579 g/mol. The Labute approximate surface area is 235 Å². The number of anilines is 2. The number of rotatable bonds is 6. The van der Waals surface area contributed by atoms with Gasteiger partial charge >= 0.3 is 6.36 Å². The van der Waals surface area contributed by atoms with E-state index >= 15 is 0 Å². The lowest BCUT2D eigenvalue weighted by molar-refractivity contribution is -0.274. The number of fused-ring (bicyclic) bond motifs is 2. The van der Waals surface area contributed by atoms with Gasteiger partial charge in [-0.2, -0.15) is 10.2 Å². The molecule has 0 unspecified atom stereocenters. The molecule has 3 heterocycles. The molecule has 0 fully saturated rings. The Balaban J connectivity index is 1.30. The van der Waals surface area contributed by atoms with E-state index in [1.54, 1.807) is 35.2 Å². The van der Waals surface area contributed by atoms with Crippen LogP contribution in [0.1, 0.15) is 16.7 Å². The third-order valence-corrected chi connectivity index (χ3v) is 6.98. The van der Waals surface area contributed by atoms with Gasteiger partial charge in [0.05, 0.1) is 18.4 Å². The predicted octanol–water partition coefficient (Wildman–Crippen LogP) is 4.59. The number of nitrogens with two attached hydrogens (primary N) is 1. The van der Waals surface area contributed by atoms with Crippen molar-refractivity contribution >= 4 is 28.3 Å². The van der Waals surface area contributed by atoms with Gasteiger partial charge in [-0.05, 0) is 59.5 Å². The third-order valence-electron chi connectivity index (χ3n) is 6.98. The maximum absolute atomic E-state index is 13.4. The summed E-state index contributed by atoms with van der Waals surface area (Å²) in [4.78, 5) is 27.5. The van der Waals surface area contributed by atoms with E-state index in [4.69, 9.17) is 5.73 Å². The second-order valence-corrected chi connectivity index (χ2v) is 9.81. The Morgan fingerprint density at radius 3 is 2.60 bits per heavy atom.